The summed E-state index contributed by atoms with van der Waals surface area (Å²) in [7, 11) is 0. The molecule has 1 aromatic carbocycles. The molecule has 0 aromatic heterocycles. The van der Waals surface area contributed by atoms with Crippen molar-refractivity contribution < 1.29 is 14.6 Å². The van der Waals surface area contributed by atoms with Crippen LogP contribution >= 0.6 is 0 Å². The van der Waals surface area contributed by atoms with Crippen LogP contribution in [0.3, 0.4) is 0 Å². The lowest BCUT2D eigenvalue weighted by atomic mass is 10.1. The molecule has 0 amide bonds. The van der Waals surface area contributed by atoms with E-state index in [4.69, 9.17) is 14.6 Å². The summed E-state index contributed by atoms with van der Waals surface area (Å²) >= 11 is 0. The van der Waals surface area contributed by atoms with Crippen molar-refractivity contribution in [3.05, 3.63) is 35.4 Å². The number of ether oxygens (including phenoxy) is 2. The minimum absolute atomic E-state index is 0.0320. The van der Waals surface area contributed by atoms with Gasteiger partial charge in [-0.15, -0.1) is 0 Å². The van der Waals surface area contributed by atoms with E-state index < -0.39 is 0 Å². The van der Waals surface area contributed by atoms with Gasteiger partial charge in [-0.1, -0.05) is 24.3 Å². The van der Waals surface area contributed by atoms with Crippen LogP contribution in [0, 0.1) is 6.92 Å². The molecule has 2 atom stereocenters. The molecule has 0 radical (unpaired) electrons. The molecule has 1 heterocycles. The van der Waals surface area contributed by atoms with Crippen LogP contribution in [0.5, 0.6) is 0 Å². The van der Waals surface area contributed by atoms with E-state index in [1.807, 2.05) is 12.1 Å². The zero-order valence-electron chi connectivity index (χ0n) is 8.85. The first-order valence-electron chi connectivity index (χ1n) is 5.22. The van der Waals surface area contributed by atoms with E-state index in [9.17, 15) is 0 Å². The van der Waals surface area contributed by atoms with Gasteiger partial charge in [0.25, 0.3) is 0 Å². The molecule has 2 unspecified atom stereocenters. The lowest BCUT2D eigenvalue weighted by molar-refractivity contribution is -0.0633. The maximum absolute atomic E-state index is 8.90. The highest BCUT2D eigenvalue weighted by molar-refractivity contribution is 5.25. The Labute approximate surface area is 89.6 Å². The Morgan fingerprint density at radius 2 is 2.20 bits per heavy atom. The van der Waals surface area contributed by atoms with Crippen molar-refractivity contribution in [2.75, 3.05) is 13.2 Å². The summed E-state index contributed by atoms with van der Waals surface area (Å²) in [5.41, 5.74) is 2.48. The highest BCUT2D eigenvalue weighted by atomic mass is 16.7. The van der Waals surface area contributed by atoms with Crippen molar-refractivity contribution in [3.63, 3.8) is 0 Å². The fourth-order valence-electron chi connectivity index (χ4n) is 1.73. The third-order valence-electron chi connectivity index (χ3n) is 2.66. The molecule has 1 aliphatic rings. The van der Waals surface area contributed by atoms with E-state index in [1.165, 1.54) is 11.1 Å². The standard InChI is InChI=1S/C12H16O3/c1-9-4-2-3-5-10(9)6-12-14-8-11(7-13)15-12/h2-5,11-13H,6-8H2,1H3. The lowest BCUT2D eigenvalue weighted by Crippen LogP contribution is -2.17. The van der Waals surface area contributed by atoms with E-state index in [-0.39, 0.29) is 19.0 Å². The Morgan fingerprint density at radius 1 is 1.40 bits per heavy atom. The Balaban J connectivity index is 1.96. The molecule has 1 N–H and O–H groups in total. The summed E-state index contributed by atoms with van der Waals surface area (Å²) in [6.07, 6.45) is 0.394. The predicted octanol–water partition coefficient (Wildman–Crippen LogP) is 1.27. The van der Waals surface area contributed by atoms with Crippen LogP contribution in [0.15, 0.2) is 24.3 Å². The summed E-state index contributed by atoms with van der Waals surface area (Å²) in [4.78, 5) is 0. The Morgan fingerprint density at radius 3 is 2.87 bits per heavy atom. The summed E-state index contributed by atoms with van der Waals surface area (Å²) in [6, 6.07) is 8.19. The average molecular weight is 208 g/mol. The fraction of sp³-hybridized carbons (Fsp3) is 0.500. The number of aryl methyl sites for hydroxylation is 1. The third kappa shape index (κ3) is 2.56. The van der Waals surface area contributed by atoms with Crippen molar-refractivity contribution in [3.8, 4) is 0 Å². The Kier molecular flexibility index (Phi) is 3.36. The van der Waals surface area contributed by atoms with Gasteiger partial charge in [0.1, 0.15) is 6.10 Å². The highest BCUT2D eigenvalue weighted by Gasteiger charge is 2.25. The molecule has 3 heteroatoms. The molecular formula is C12H16O3. The van der Waals surface area contributed by atoms with Gasteiger partial charge in [-0.25, -0.2) is 0 Å². The molecule has 15 heavy (non-hydrogen) atoms. The van der Waals surface area contributed by atoms with Crippen molar-refractivity contribution in [1.82, 2.24) is 0 Å². The SMILES string of the molecule is Cc1ccccc1CC1OCC(CO)O1. The molecule has 82 valence electrons. The number of rotatable bonds is 3. The largest absolute Gasteiger partial charge is 0.394 e. The second-order valence-corrected chi connectivity index (χ2v) is 3.83. The van der Waals surface area contributed by atoms with Gasteiger partial charge in [0.2, 0.25) is 0 Å². The quantitative estimate of drug-likeness (QED) is 0.813. The summed E-state index contributed by atoms with van der Waals surface area (Å²) in [5, 5.41) is 8.90. The first-order chi connectivity index (χ1) is 7.29. The van der Waals surface area contributed by atoms with Crippen LogP contribution in [0.1, 0.15) is 11.1 Å². The van der Waals surface area contributed by atoms with E-state index in [2.05, 4.69) is 19.1 Å². The van der Waals surface area contributed by atoms with Crippen molar-refractivity contribution in [1.29, 1.82) is 0 Å². The van der Waals surface area contributed by atoms with Crippen LogP contribution in [-0.4, -0.2) is 30.7 Å². The van der Waals surface area contributed by atoms with Crippen molar-refractivity contribution in [2.45, 2.75) is 25.7 Å². The zero-order valence-corrected chi connectivity index (χ0v) is 8.85. The Bertz CT molecular complexity index is 324. The number of hydrogen-bond donors (Lipinski definition) is 1. The molecule has 1 saturated heterocycles. The van der Waals surface area contributed by atoms with E-state index in [1.54, 1.807) is 0 Å². The fourth-order valence-corrected chi connectivity index (χ4v) is 1.73. The predicted molar refractivity (Wildman–Crippen MR) is 56.6 cm³/mol. The number of aliphatic hydroxyl groups is 1. The Hall–Kier alpha value is -0.900. The summed E-state index contributed by atoms with van der Waals surface area (Å²) in [5.74, 6) is 0. The second kappa shape index (κ2) is 4.75. The van der Waals surface area contributed by atoms with Gasteiger partial charge in [0.05, 0.1) is 13.2 Å². The van der Waals surface area contributed by atoms with Crippen LogP contribution in [0.25, 0.3) is 0 Å². The molecule has 1 fully saturated rings. The van der Waals surface area contributed by atoms with Crippen molar-refractivity contribution >= 4 is 0 Å². The summed E-state index contributed by atoms with van der Waals surface area (Å²) < 4.78 is 10.9. The molecule has 0 saturated carbocycles. The normalized spacial score (nSPS) is 25.7. The second-order valence-electron chi connectivity index (χ2n) is 3.83. The molecule has 2 rings (SSSR count). The smallest absolute Gasteiger partial charge is 0.162 e. The third-order valence-corrected chi connectivity index (χ3v) is 2.66. The van der Waals surface area contributed by atoms with Crippen LogP contribution < -0.4 is 0 Å². The number of benzene rings is 1. The molecule has 1 aliphatic heterocycles. The van der Waals surface area contributed by atoms with Gasteiger partial charge < -0.3 is 14.6 Å². The topological polar surface area (TPSA) is 38.7 Å². The maximum atomic E-state index is 8.90. The highest BCUT2D eigenvalue weighted by Crippen LogP contribution is 2.17. The average Bonchev–Trinajstić information content (AvgIpc) is 2.69. The van der Waals surface area contributed by atoms with E-state index >= 15 is 0 Å². The number of hydrogen-bond acceptors (Lipinski definition) is 3. The number of aliphatic hydroxyl groups excluding tert-OH is 1. The van der Waals surface area contributed by atoms with E-state index in [0.717, 1.165) is 6.42 Å². The lowest BCUT2D eigenvalue weighted by Gasteiger charge is -2.11. The molecular weight excluding hydrogens is 192 g/mol. The van der Waals surface area contributed by atoms with Crippen LogP contribution in [0.4, 0.5) is 0 Å². The van der Waals surface area contributed by atoms with Gasteiger partial charge >= 0.3 is 0 Å². The first kappa shape index (κ1) is 10.6. The van der Waals surface area contributed by atoms with Gasteiger partial charge in [-0.2, -0.15) is 0 Å². The molecule has 0 bridgehead atoms. The molecule has 1 aromatic rings. The van der Waals surface area contributed by atoms with Crippen LogP contribution in [0.2, 0.25) is 0 Å². The minimum Gasteiger partial charge on any atom is -0.394 e. The molecule has 0 aliphatic carbocycles. The van der Waals surface area contributed by atoms with E-state index in [0.29, 0.717) is 6.61 Å². The first-order valence-corrected chi connectivity index (χ1v) is 5.22. The molecule has 3 nitrogen and oxygen atoms in total. The van der Waals surface area contributed by atoms with Crippen LogP contribution in [-0.2, 0) is 15.9 Å². The monoisotopic (exact) mass is 208 g/mol. The van der Waals surface area contributed by atoms with Crippen molar-refractivity contribution in [2.24, 2.45) is 0 Å². The van der Waals surface area contributed by atoms with Gasteiger partial charge in [0.15, 0.2) is 6.29 Å². The summed E-state index contributed by atoms with van der Waals surface area (Å²) in [6.45, 7) is 2.60. The van der Waals surface area contributed by atoms with Gasteiger partial charge in [-0.3, -0.25) is 0 Å². The molecule has 0 spiro atoms. The van der Waals surface area contributed by atoms with Gasteiger partial charge in [-0.05, 0) is 18.1 Å². The van der Waals surface area contributed by atoms with Gasteiger partial charge in [0, 0.05) is 6.42 Å². The maximum Gasteiger partial charge on any atom is 0.162 e. The minimum atomic E-state index is -0.205. The zero-order chi connectivity index (χ0) is 10.7.